The van der Waals surface area contributed by atoms with Crippen molar-refractivity contribution in [2.75, 3.05) is 4.90 Å². The van der Waals surface area contributed by atoms with Crippen LogP contribution in [0.4, 0.5) is 5.69 Å². The lowest BCUT2D eigenvalue weighted by Crippen LogP contribution is -2.30. The molecule has 5 rings (SSSR count). The van der Waals surface area contributed by atoms with Gasteiger partial charge in [0.2, 0.25) is 0 Å². The van der Waals surface area contributed by atoms with E-state index in [0.717, 1.165) is 22.0 Å². The number of aliphatic hydroxyl groups is 1. The fourth-order valence-electron chi connectivity index (χ4n) is 4.19. The fourth-order valence-corrected chi connectivity index (χ4v) is 4.19. The van der Waals surface area contributed by atoms with E-state index in [9.17, 15) is 14.7 Å². The predicted molar refractivity (Wildman–Crippen MR) is 118 cm³/mol. The van der Waals surface area contributed by atoms with Crippen molar-refractivity contribution in [2.45, 2.75) is 19.9 Å². The minimum Gasteiger partial charge on any atom is -0.507 e. The molecule has 0 spiro atoms. The van der Waals surface area contributed by atoms with Crippen molar-refractivity contribution in [3.05, 3.63) is 95.1 Å². The first kappa shape index (κ1) is 18.9. The number of Topliss-reactive ketones (excluding diaryl/α,β-unsaturated/α-hetero) is 1. The molecule has 1 aliphatic rings. The number of aryl methyl sites for hydroxylation is 2. The van der Waals surface area contributed by atoms with Crippen LogP contribution in [0.15, 0.2) is 77.0 Å². The maximum absolute atomic E-state index is 13.2. The van der Waals surface area contributed by atoms with Gasteiger partial charge < -0.3 is 14.5 Å². The van der Waals surface area contributed by atoms with E-state index in [4.69, 9.17) is 4.42 Å². The summed E-state index contributed by atoms with van der Waals surface area (Å²) in [5.41, 5.74) is 3.70. The van der Waals surface area contributed by atoms with E-state index in [1.165, 1.54) is 11.2 Å². The average molecular weight is 412 g/mol. The highest BCUT2D eigenvalue weighted by Crippen LogP contribution is 2.44. The Morgan fingerprint density at radius 2 is 1.87 bits per heavy atom. The van der Waals surface area contributed by atoms with Gasteiger partial charge in [-0.25, -0.2) is 0 Å². The zero-order valence-electron chi connectivity index (χ0n) is 17.0. The molecule has 0 saturated carbocycles. The molecule has 2 aromatic heterocycles. The van der Waals surface area contributed by atoms with Crippen LogP contribution in [0.5, 0.6) is 0 Å². The molecule has 31 heavy (non-hydrogen) atoms. The molecule has 3 heterocycles. The number of hydrogen-bond acceptors (Lipinski definition) is 4. The van der Waals surface area contributed by atoms with Crippen LogP contribution in [0.3, 0.4) is 0 Å². The van der Waals surface area contributed by atoms with Gasteiger partial charge in [0.05, 0.1) is 11.8 Å². The first-order valence-electron chi connectivity index (χ1n) is 9.95. The molecule has 2 N–H and O–H groups in total. The van der Waals surface area contributed by atoms with Crippen molar-refractivity contribution in [2.24, 2.45) is 0 Å². The second-order valence-corrected chi connectivity index (χ2v) is 7.72. The minimum absolute atomic E-state index is 0.00519. The van der Waals surface area contributed by atoms with Crippen LogP contribution in [0.2, 0.25) is 0 Å². The van der Waals surface area contributed by atoms with Gasteiger partial charge in [-0.15, -0.1) is 0 Å². The lowest BCUT2D eigenvalue weighted by atomic mass is 9.98. The first-order valence-corrected chi connectivity index (χ1v) is 9.95. The summed E-state index contributed by atoms with van der Waals surface area (Å²) in [6.45, 7) is 3.81. The van der Waals surface area contributed by atoms with Crippen LogP contribution < -0.4 is 4.90 Å². The maximum atomic E-state index is 13.2. The number of rotatable bonds is 3. The summed E-state index contributed by atoms with van der Waals surface area (Å²) >= 11 is 0. The van der Waals surface area contributed by atoms with Gasteiger partial charge in [-0.3, -0.25) is 14.5 Å². The molecule has 1 aliphatic heterocycles. The number of H-pyrrole nitrogens is 1. The van der Waals surface area contributed by atoms with Crippen LogP contribution in [-0.2, 0) is 9.59 Å². The molecule has 2 aromatic carbocycles. The van der Waals surface area contributed by atoms with Gasteiger partial charge in [0, 0.05) is 28.4 Å². The Hall–Kier alpha value is -4.06. The average Bonchev–Trinajstić information content (AvgIpc) is 3.49. The van der Waals surface area contributed by atoms with Gasteiger partial charge in [0.25, 0.3) is 11.7 Å². The number of nitrogens with zero attached hydrogens (tertiary/aromatic N) is 1. The Labute approximate surface area is 178 Å². The lowest BCUT2D eigenvalue weighted by molar-refractivity contribution is -0.132. The Kier molecular flexibility index (Phi) is 4.29. The van der Waals surface area contributed by atoms with Crippen molar-refractivity contribution >= 4 is 34.0 Å². The van der Waals surface area contributed by atoms with Gasteiger partial charge in [-0.2, -0.15) is 0 Å². The van der Waals surface area contributed by atoms with Crippen molar-refractivity contribution in [1.82, 2.24) is 4.98 Å². The standard InChI is InChI=1S/C25H20N2O4/c1-14-9-10-15(2)19(12-14)27-22(20-8-5-11-31-20)21(24(29)25(27)30)23(28)17-13-26-18-7-4-3-6-16(17)18/h3-13,22,26,28H,1-2H3/b23-21-. The summed E-state index contributed by atoms with van der Waals surface area (Å²) in [6.07, 6.45) is 3.13. The number of para-hydroxylation sites is 1. The number of hydrogen-bond donors (Lipinski definition) is 2. The third-order valence-electron chi connectivity index (χ3n) is 5.73. The summed E-state index contributed by atoms with van der Waals surface area (Å²) in [7, 11) is 0. The molecule has 1 unspecified atom stereocenters. The second-order valence-electron chi connectivity index (χ2n) is 7.72. The fraction of sp³-hybridized carbons (Fsp3) is 0.120. The molecule has 4 aromatic rings. The quantitative estimate of drug-likeness (QED) is 0.282. The molecule has 0 bridgehead atoms. The monoisotopic (exact) mass is 412 g/mol. The molecule has 6 nitrogen and oxygen atoms in total. The zero-order chi connectivity index (χ0) is 21.7. The van der Waals surface area contributed by atoms with Crippen LogP contribution in [-0.4, -0.2) is 21.8 Å². The summed E-state index contributed by atoms with van der Waals surface area (Å²) < 4.78 is 5.62. The largest absolute Gasteiger partial charge is 0.507 e. The SMILES string of the molecule is Cc1ccc(C)c(N2C(=O)C(=O)/C(=C(\O)c3c[nH]c4ccccc34)C2c2ccco2)c1. The Morgan fingerprint density at radius 1 is 1.06 bits per heavy atom. The number of furan rings is 1. The summed E-state index contributed by atoms with van der Waals surface area (Å²) in [5.74, 6) is -1.27. The molecule has 1 fully saturated rings. The van der Waals surface area contributed by atoms with Crippen molar-refractivity contribution in [3.8, 4) is 0 Å². The van der Waals surface area contributed by atoms with E-state index in [1.807, 2.05) is 56.3 Å². The number of carbonyl (C=O) groups excluding carboxylic acids is 2. The number of anilines is 1. The number of aliphatic hydroxyl groups excluding tert-OH is 1. The molecular weight excluding hydrogens is 392 g/mol. The van der Waals surface area contributed by atoms with Gasteiger partial charge >= 0.3 is 0 Å². The van der Waals surface area contributed by atoms with Crippen LogP contribution in [0, 0.1) is 13.8 Å². The summed E-state index contributed by atoms with van der Waals surface area (Å²) in [5, 5.41) is 12.0. The van der Waals surface area contributed by atoms with Crippen LogP contribution in [0.25, 0.3) is 16.7 Å². The van der Waals surface area contributed by atoms with E-state index < -0.39 is 17.7 Å². The molecule has 6 heteroatoms. The molecule has 1 amide bonds. The van der Waals surface area contributed by atoms with E-state index in [0.29, 0.717) is 17.0 Å². The Morgan fingerprint density at radius 3 is 2.65 bits per heavy atom. The smallest absolute Gasteiger partial charge is 0.300 e. The third-order valence-corrected chi connectivity index (χ3v) is 5.73. The highest BCUT2D eigenvalue weighted by atomic mass is 16.3. The highest BCUT2D eigenvalue weighted by Gasteiger charge is 2.48. The molecule has 0 aliphatic carbocycles. The molecule has 154 valence electrons. The van der Waals surface area contributed by atoms with Gasteiger partial charge in [-0.05, 0) is 49.2 Å². The minimum atomic E-state index is -0.871. The number of ketones is 1. The Bertz CT molecular complexity index is 1360. The van der Waals surface area contributed by atoms with Gasteiger partial charge in [-0.1, -0.05) is 30.3 Å². The first-order chi connectivity index (χ1) is 15.0. The molecule has 1 saturated heterocycles. The zero-order valence-corrected chi connectivity index (χ0v) is 17.0. The third kappa shape index (κ3) is 2.87. The van der Waals surface area contributed by atoms with E-state index in [-0.39, 0.29) is 11.3 Å². The normalized spacial score (nSPS) is 18.3. The maximum Gasteiger partial charge on any atom is 0.300 e. The second kappa shape index (κ2) is 7.02. The van der Waals surface area contributed by atoms with Gasteiger partial charge in [0.1, 0.15) is 17.6 Å². The number of benzene rings is 2. The van der Waals surface area contributed by atoms with Crippen molar-refractivity contribution < 1.29 is 19.1 Å². The van der Waals surface area contributed by atoms with Gasteiger partial charge in [0.15, 0.2) is 0 Å². The number of carbonyl (C=O) groups is 2. The van der Waals surface area contributed by atoms with Crippen LogP contribution in [0.1, 0.15) is 28.5 Å². The number of fused-ring (bicyclic) bond motifs is 1. The number of amides is 1. The Balaban J connectivity index is 1.77. The summed E-state index contributed by atoms with van der Waals surface area (Å²) in [4.78, 5) is 30.9. The van der Waals surface area contributed by atoms with Crippen molar-refractivity contribution in [3.63, 3.8) is 0 Å². The highest BCUT2D eigenvalue weighted by molar-refractivity contribution is 6.51. The summed E-state index contributed by atoms with van der Waals surface area (Å²) in [6, 6.07) is 15.7. The van der Waals surface area contributed by atoms with E-state index >= 15 is 0 Å². The molecule has 1 atom stereocenters. The number of aromatic nitrogens is 1. The van der Waals surface area contributed by atoms with E-state index in [2.05, 4.69) is 4.98 Å². The molecular formula is C25H20N2O4. The van der Waals surface area contributed by atoms with E-state index in [1.54, 1.807) is 18.3 Å². The lowest BCUT2D eigenvalue weighted by Gasteiger charge is -2.25. The molecule has 0 radical (unpaired) electrons. The number of nitrogens with one attached hydrogen (secondary N) is 1. The number of aromatic amines is 1. The predicted octanol–water partition coefficient (Wildman–Crippen LogP) is 5.00. The van der Waals surface area contributed by atoms with Crippen molar-refractivity contribution in [1.29, 1.82) is 0 Å². The topological polar surface area (TPSA) is 86.5 Å². The van der Waals surface area contributed by atoms with Crippen LogP contribution >= 0.6 is 0 Å².